The van der Waals surface area contributed by atoms with E-state index < -0.39 is 12.1 Å². The van der Waals surface area contributed by atoms with E-state index >= 15 is 0 Å². The van der Waals surface area contributed by atoms with Crippen LogP contribution in [-0.4, -0.2) is 24.0 Å². The maximum absolute atomic E-state index is 12.3. The van der Waals surface area contributed by atoms with Crippen LogP contribution in [0.25, 0.3) is 18.2 Å². The highest BCUT2D eigenvalue weighted by molar-refractivity contribution is 5.78. The molecule has 3 aromatic rings. The summed E-state index contributed by atoms with van der Waals surface area (Å²) in [5, 5.41) is 10.2. The van der Waals surface area contributed by atoms with E-state index in [9.17, 15) is 9.90 Å². The smallest absolute Gasteiger partial charge is 0.345 e. The number of hydrogen-bond donors (Lipinski definition) is 1. The molecular weight excluding hydrogens is 440 g/mol. The minimum atomic E-state index is -1.35. The van der Waals surface area contributed by atoms with Crippen LogP contribution in [0.3, 0.4) is 0 Å². The molecule has 0 radical (unpaired) electrons. The van der Waals surface area contributed by atoms with Gasteiger partial charge in [0.05, 0.1) is 0 Å². The number of esters is 1. The summed E-state index contributed by atoms with van der Waals surface area (Å²) >= 11 is 0. The van der Waals surface area contributed by atoms with E-state index in [2.05, 4.69) is 6.58 Å². The lowest BCUT2D eigenvalue weighted by Gasteiger charge is -2.14. The quantitative estimate of drug-likeness (QED) is 0.151. The number of hydrogen-bond acceptors (Lipinski definition) is 5. The largest absolute Gasteiger partial charge is 0.465 e. The average molecular weight is 471 g/mol. The predicted octanol–water partition coefficient (Wildman–Crippen LogP) is 6.46. The fraction of sp³-hybridized carbons (Fsp3) is 0.167. The van der Waals surface area contributed by atoms with Crippen LogP contribution in [0.15, 0.2) is 91.5 Å². The van der Waals surface area contributed by atoms with Gasteiger partial charge < -0.3 is 19.3 Å². The molecule has 0 aliphatic rings. The number of rotatable bonds is 11. The Balaban J connectivity index is 1.50. The molecule has 2 unspecified atom stereocenters. The van der Waals surface area contributed by atoms with Crippen molar-refractivity contribution in [1.29, 1.82) is 0 Å². The maximum Gasteiger partial charge on any atom is 0.345 e. The standard InChI is InChI=1S/C30H30O5/c1-4-23-10-16-26(17-11-23)29(31)30(32)35-28-20-14-25(15-21-28)9-7-6-8-24-12-18-27(19-13-24)34-22(3)33-5-2/h4,6-22,29,31H,1,5H2,2-3H3. The summed E-state index contributed by atoms with van der Waals surface area (Å²) in [6.07, 6.45) is 7.87. The summed E-state index contributed by atoms with van der Waals surface area (Å²) < 4.78 is 16.3. The molecule has 0 aliphatic heterocycles. The van der Waals surface area contributed by atoms with E-state index in [1.54, 1.807) is 42.5 Å². The van der Waals surface area contributed by atoms with Crippen molar-refractivity contribution in [3.63, 3.8) is 0 Å². The van der Waals surface area contributed by atoms with Crippen LogP contribution in [0, 0.1) is 0 Å². The van der Waals surface area contributed by atoms with Crippen molar-refractivity contribution in [3.8, 4) is 11.5 Å². The fourth-order valence-corrected chi connectivity index (χ4v) is 3.22. The minimum absolute atomic E-state index is 0.279. The molecule has 0 spiro atoms. The van der Waals surface area contributed by atoms with Crippen molar-refractivity contribution in [2.45, 2.75) is 26.2 Å². The monoisotopic (exact) mass is 470 g/mol. The SMILES string of the molecule is C=Cc1ccc(C(O)C(=O)Oc2ccc(C=CC=Cc3ccc(OC(C)OCC)cc3)cc2)cc1. The van der Waals surface area contributed by atoms with E-state index in [4.69, 9.17) is 14.2 Å². The second-order valence-corrected chi connectivity index (χ2v) is 7.69. The number of aliphatic hydroxyl groups is 1. The number of allylic oxidation sites excluding steroid dienone is 2. The normalized spacial score (nSPS) is 13.0. The zero-order valence-corrected chi connectivity index (χ0v) is 20.0. The van der Waals surface area contributed by atoms with E-state index in [1.165, 1.54) is 0 Å². The summed E-state index contributed by atoms with van der Waals surface area (Å²) in [6, 6.07) is 21.7. The van der Waals surface area contributed by atoms with Crippen molar-refractivity contribution in [3.05, 3.63) is 114 Å². The van der Waals surface area contributed by atoms with Gasteiger partial charge in [0.25, 0.3) is 0 Å². The molecule has 0 aromatic heterocycles. The third-order valence-corrected chi connectivity index (χ3v) is 5.08. The van der Waals surface area contributed by atoms with Gasteiger partial charge in [0.1, 0.15) is 11.5 Å². The number of benzene rings is 3. The van der Waals surface area contributed by atoms with E-state index in [-0.39, 0.29) is 6.29 Å². The third-order valence-electron chi connectivity index (χ3n) is 5.08. The number of carbonyl (C=O) groups is 1. The first kappa shape index (κ1) is 25.7. The fourth-order valence-electron chi connectivity index (χ4n) is 3.22. The van der Waals surface area contributed by atoms with Crippen LogP contribution in [0.2, 0.25) is 0 Å². The summed E-state index contributed by atoms with van der Waals surface area (Å²) in [5.74, 6) is 0.398. The molecular formula is C30H30O5. The first-order chi connectivity index (χ1) is 17.0. The molecule has 3 rings (SSSR count). The van der Waals surface area contributed by atoms with Crippen molar-refractivity contribution in [2.75, 3.05) is 6.61 Å². The molecule has 0 fully saturated rings. The second-order valence-electron chi connectivity index (χ2n) is 7.69. The highest BCUT2D eigenvalue weighted by atomic mass is 16.7. The molecule has 0 amide bonds. The molecule has 0 saturated heterocycles. The Morgan fingerprint density at radius 3 is 1.89 bits per heavy atom. The molecule has 180 valence electrons. The van der Waals surface area contributed by atoms with Gasteiger partial charge in [-0.1, -0.05) is 85.5 Å². The van der Waals surface area contributed by atoms with Crippen LogP contribution in [0.5, 0.6) is 11.5 Å². The highest BCUT2D eigenvalue weighted by Gasteiger charge is 2.19. The predicted molar refractivity (Wildman–Crippen MR) is 140 cm³/mol. The van der Waals surface area contributed by atoms with Gasteiger partial charge in [-0.05, 0) is 60.4 Å². The lowest BCUT2D eigenvalue weighted by molar-refractivity contribution is -0.144. The van der Waals surface area contributed by atoms with Crippen LogP contribution < -0.4 is 9.47 Å². The number of carbonyl (C=O) groups excluding carboxylic acids is 1. The zero-order valence-electron chi connectivity index (χ0n) is 20.0. The van der Waals surface area contributed by atoms with Crippen molar-refractivity contribution < 1.29 is 24.1 Å². The Morgan fingerprint density at radius 2 is 1.37 bits per heavy atom. The van der Waals surface area contributed by atoms with E-state index in [0.29, 0.717) is 17.9 Å². The summed E-state index contributed by atoms with van der Waals surface area (Å²) in [6.45, 7) is 8.09. The number of aliphatic hydroxyl groups excluding tert-OH is 1. The lowest BCUT2D eigenvalue weighted by Crippen LogP contribution is -2.18. The van der Waals surface area contributed by atoms with Gasteiger partial charge in [-0.3, -0.25) is 0 Å². The molecule has 0 heterocycles. The van der Waals surface area contributed by atoms with E-state index in [0.717, 1.165) is 22.4 Å². The molecule has 5 nitrogen and oxygen atoms in total. The molecule has 1 N–H and O–H groups in total. The second kappa shape index (κ2) is 13.1. The summed E-state index contributed by atoms with van der Waals surface area (Å²) in [4.78, 5) is 12.3. The Morgan fingerprint density at radius 1 is 0.857 bits per heavy atom. The first-order valence-corrected chi connectivity index (χ1v) is 11.4. The Kier molecular flexibility index (Phi) is 9.60. The minimum Gasteiger partial charge on any atom is -0.465 e. The van der Waals surface area contributed by atoms with Gasteiger partial charge in [0, 0.05) is 6.61 Å². The van der Waals surface area contributed by atoms with Gasteiger partial charge >= 0.3 is 5.97 Å². The summed E-state index contributed by atoms with van der Waals surface area (Å²) in [5.41, 5.74) is 3.37. The molecule has 0 saturated carbocycles. The Hall–Kier alpha value is -3.93. The zero-order chi connectivity index (χ0) is 25.0. The number of ether oxygens (including phenoxy) is 3. The topological polar surface area (TPSA) is 65.0 Å². The van der Waals surface area contributed by atoms with Gasteiger partial charge in [0.2, 0.25) is 0 Å². The Bertz CT molecular complexity index is 1140. The molecule has 0 aliphatic carbocycles. The van der Waals surface area contributed by atoms with Gasteiger partial charge in [0.15, 0.2) is 12.4 Å². The van der Waals surface area contributed by atoms with E-state index in [1.807, 2.05) is 74.5 Å². The van der Waals surface area contributed by atoms with Crippen molar-refractivity contribution >= 4 is 24.2 Å². The first-order valence-electron chi connectivity index (χ1n) is 11.4. The molecule has 3 aromatic carbocycles. The van der Waals surface area contributed by atoms with Gasteiger partial charge in [-0.2, -0.15) is 0 Å². The van der Waals surface area contributed by atoms with Crippen molar-refractivity contribution in [1.82, 2.24) is 0 Å². The molecule has 0 bridgehead atoms. The molecule has 5 heteroatoms. The van der Waals surface area contributed by atoms with Crippen LogP contribution >= 0.6 is 0 Å². The van der Waals surface area contributed by atoms with Crippen LogP contribution in [0.4, 0.5) is 0 Å². The molecule has 2 atom stereocenters. The van der Waals surface area contributed by atoms with Gasteiger partial charge in [-0.15, -0.1) is 0 Å². The van der Waals surface area contributed by atoms with Crippen LogP contribution in [-0.2, 0) is 9.53 Å². The highest BCUT2D eigenvalue weighted by Crippen LogP contribution is 2.20. The average Bonchev–Trinajstić information content (AvgIpc) is 2.88. The lowest BCUT2D eigenvalue weighted by atomic mass is 10.1. The summed E-state index contributed by atoms with van der Waals surface area (Å²) in [7, 11) is 0. The maximum atomic E-state index is 12.3. The third kappa shape index (κ3) is 8.10. The Labute approximate surface area is 206 Å². The van der Waals surface area contributed by atoms with Crippen LogP contribution in [0.1, 0.15) is 42.2 Å². The van der Waals surface area contributed by atoms with Crippen molar-refractivity contribution in [2.24, 2.45) is 0 Å². The van der Waals surface area contributed by atoms with Gasteiger partial charge in [-0.25, -0.2) is 4.79 Å². The molecule has 35 heavy (non-hydrogen) atoms.